The Morgan fingerprint density at radius 3 is 2.62 bits per heavy atom. The number of aromatic nitrogens is 3. The first-order valence-electron chi connectivity index (χ1n) is 11.2. The van der Waals surface area contributed by atoms with Crippen LogP contribution in [0.3, 0.4) is 0 Å². The molecule has 0 spiro atoms. The molecule has 5 aromatic rings. The molecule has 10 heteroatoms. The number of pyridine rings is 2. The smallest absolute Gasteiger partial charge is 0.279 e. The molecule has 37 heavy (non-hydrogen) atoms. The molecule has 4 aromatic heterocycles. The quantitative estimate of drug-likeness (QED) is 0.343. The number of carbonyl (C=O) groups excluding carboxylic acids is 1. The lowest BCUT2D eigenvalue weighted by Gasteiger charge is -2.13. The molecule has 184 valence electrons. The van der Waals surface area contributed by atoms with Gasteiger partial charge >= 0.3 is 0 Å². The molecular formula is C27H21N5O5. The molecule has 0 bridgehead atoms. The summed E-state index contributed by atoms with van der Waals surface area (Å²) in [4.78, 5) is 35.7. The van der Waals surface area contributed by atoms with Crippen molar-refractivity contribution in [1.82, 2.24) is 14.0 Å². The molecule has 0 atom stereocenters. The van der Waals surface area contributed by atoms with E-state index < -0.39 is 5.91 Å². The number of benzene rings is 1. The third-order valence-electron chi connectivity index (χ3n) is 5.96. The highest BCUT2D eigenvalue weighted by molar-refractivity contribution is 5.95. The summed E-state index contributed by atoms with van der Waals surface area (Å²) >= 11 is 0. The van der Waals surface area contributed by atoms with Gasteiger partial charge in [0.05, 0.1) is 38.0 Å². The second-order valence-electron chi connectivity index (χ2n) is 8.18. The highest BCUT2D eigenvalue weighted by Gasteiger charge is 2.18. The van der Waals surface area contributed by atoms with Crippen molar-refractivity contribution in [3.05, 3.63) is 99.3 Å². The minimum Gasteiger partial charge on any atom is -0.493 e. The highest BCUT2D eigenvalue weighted by Crippen LogP contribution is 2.27. The molecule has 0 aliphatic rings. The minimum atomic E-state index is -0.612. The molecule has 0 saturated heterocycles. The van der Waals surface area contributed by atoms with Gasteiger partial charge in [0.1, 0.15) is 23.1 Å². The molecule has 0 aliphatic heterocycles. The van der Waals surface area contributed by atoms with Crippen LogP contribution in [0.4, 0.5) is 0 Å². The zero-order valence-corrected chi connectivity index (χ0v) is 20.3. The van der Waals surface area contributed by atoms with Crippen molar-refractivity contribution in [2.45, 2.75) is 13.5 Å². The van der Waals surface area contributed by atoms with Gasteiger partial charge in [-0.05, 0) is 55.0 Å². The van der Waals surface area contributed by atoms with Crippen molar-refractivity contribution in [2.24, 2.45) is 4.99 Å². The maximum absolute atomic E-state index is 13.4. The van der Waals surface area contributed by atoms with E-state index in [2.05, 4.69) is 11.1 Å². The van der Waals surface area contributed by atoms with E-state index in [1.807, 2.05) is 13.0 Å². The van der Waals surface area contributed by atoms with Crippen molar-refractivity contribution in [3.8, 4) is 17.6 Å². The van der Waals surface area contributed by atoms with Crippen molar-refractivity contribution in [2.75, 3.05) is 14.2 Å². The van der Waals surface area contributed by atoms with Crippen LogP contribution in [-0.4, -0.2) is 34.1 Å². The molecular weight excluding hydrogens is 474 g/mol. The molecule has 0 unspecified atom stereocenters. The molecule has 1 amide bonds. The number of nitrogens with zero attached hydrogens (tertiary/aromatic N) is 5. The molecule has 0 fully saturated rings. The summed E-state index contributed by atoms with van der Waals surface area (Å²) in [6.45, 7) is 1.94. The first-order chi connectivity index (χ1) is 17.9. The van der Waals surface area contributed by atoms with Gasteiger partial charge in [-0.25, -0.2) is 4.98 Å². The SMILES string of the molecule is COc1ccc(C(=O)N=c2c(C#N)cc3c(=O)n4cccc(C)c4nc3n2Cc2ccco2)cc1OC. The van der Waals surface area contributed by atoms with Gasteiger partial charge in [-0.2, -0.15) is 10.3 Å². The van der Waals surface area contributed by atoms with E-state index in [0.717, 1.165) is 5.56 Å². The van der Waals surface area contributed by atoms with Crippen LogP contribution in [0.5, 0.6) is 11.5 Å². The summed E-state index contributed by atoms with van der Waals surface area (Å²) in [6, 6.07) is 15.2. The maximum atomic E-state index is 13.4. The van der Waals surface area contributed by atoms with Gasteiger partial charge in [0, 0.05) is 11.8 Å². The van der Waals surface area contributed by atoms with Crippen LogP contribution in [0.15, 0.2) is 75.2 Å². The second-order valence-corrected chi connectivity index (χ2v) is 8.18. The molecule has 0 aliphatic carbocycles. The Balaban J connectivity index is 1.84. The zero-order valence-electron chi connectivity index (χ0n) is 20.3. The Kier molecular flexibility index (Phi) is 6.03. The molecule has 0 radical (unpaired) electrons. The van der Waals surface area contributed by atoms with E-state index in [4.69, 9.17) is 18.9 Å². The largest absolute Gasteiger partial charge is 0.493 e. The Morgan fingerprint density at radius 2 is 1.92 bits per heavy atom. The third-order valence-corrected chi connectivity index (χ3v) is 5.96. The zero-order chi connectivity index (χ0) is 26.1. The Hall–Kier alpha value is -5.17. The van der Waals surface area contributed by atoms with Gasteiger partial charge in [-0.1, -0.05) is 6.07 Å². The van der Waals surface area contributed by atoms with Gasteiger partial charge < -0.3 is 18.5 Å². The van der Waals surface area contributed by atoms with E-state index in [9.17, 15) is 14.9 Å². The lowest BCUT2D eigenvalue weighted by atomic mass is 10.2. The fourth-order valence-electron chi connectivity index (χ4n) is 4.13. The number of hydrogen-bond donors (Lipinski definition) is 0. The predicted octanol–water partition coefficient (Wildman–Crippen LogP) is 3.23. The van der Waals surface area contributed by atoms with Crippen molar-refractivity contribution in [1.29, 1.82) is 5.26 Å². The van der Waals surface area contributed by atoms with Crippen LogP contribution >= 0.6 is 0 Å². The van der Waals surface area contributed by atoms with Gasteiger partial charge in [-0.3, -0.25) is 14.0 Å². The van der Waals surface area contributed by atoms with Gasteiger partial charge in [0.2, 0.25) is 0 Å². The summed E-state index contributed by atoms with van der Waals surface area (Å²) in [7, 11) is 2.96. The number of carbonyl (C=O) groups is 1. The van der Waals surface area contributed by atoms with E-state index in [1.54, 1.807) is 41.1 Å². The number of amides is 1. The average molecular weight is 495 g/mol. The van der Waals surface area contributed by atoms with Crippen molar-refractivity contribution < 1.29 is 18.7 Å². The molecule has 10 nitrogen and oxygen atoms in total. The van der Waals surface area contributed by atoms with E-state index >= 15 is 0 Å². The molecule has 1 aromatic carbocycles. The number of hydrogen-bond acceptors (Lipinski definition) is 7. The predicted molar refractivity (Wildman–Crippen MR) is 134 cm³/mol. The van der Waals surface area contributed by atoms with E-state index in [0.29, 0.717) is 22.9 Å². The van der Waals surface area contributed by atoms with Gasteiger partial charge in [0.15, 0.2) is 17.0 Å². The number of nitriles is 1. The number of aryl methyl sites for hydroxylation is 1. The number of ether oxygens (including phenoxy) is 2. The standard InChI is InChI=1S/C27H21N5O5/c1-16-6-4-10-31-23(16)29-25-20(27(31)34)12-18(14-28)24(32(25)15-19-7-5-11-37-19)30-26(33)17-8-9-21(35-2)22(13-17)36-3/h4-13H,15H2,1-3H3. The normalized spacial score (nSPS) is 11.6. The first-order valence-corrected chi connectivity index (χ1v) is 11.2. The lowest BCUT2D eigenvalue weighted by molar-refractivity contribution is 0.0996. The van der Waals surface area contributed by atoms with Crippen LogP contribution in [-0.2, 0) is 6.54 Å². The Labute approximate surface area is 210 Å². The van der Waals surface area contributed by atoms with Crippen LogP contribution < -0.4 is 20.5 Å². The summed E-state index contributed by atoms with van der Waals surface area (Å²) in [5, 5.41) is 10.2. The highest BCUT2D eigenvalue weighted by atomic mass is 16.5. The van der Waals surface area contributed by atoms with Crippen molar-refractivity contribution in [3.63, 3.8) is 0 Å². The fourth-order valence-corrected chi connectivity index (χ4v) is 4.13. The number of furan rings is 1. The molecule has 4 heterocycles. The lowest BCUT2D eigenvalue weighted by Crippen LogP contribution is -2.30. The summed E-state index contributed by atoms with van der Waals surface area (Å²) in [5.41, 5.74) is 1.49. The molecule has 0 saturated carbocycles. The fraction of sp³-hybridized carbons (Fsp3) is 0.148. The minimum absolute atomic E-state index is 0.0411. The van der Waals surface area contributed by atoms with Crippen LogP contribution in [0, 0.1) is 18.3 Å². The number of rotatable bonds is 5. The van der Waals surface area contributed by atoms with Crippen LogP contribution in [0.2, 0.25) is 0 Å². The van der Waals surface area contributed by atoms with E-state index in [1.165, 1.54) is 37.0 Å². The first kappa shape index (κ1) is 23.6. The van der Waals surface area contributed by atoms with Crippen molar-refractivity contribution >= 4 is 22.6 Å². The van der Waals surface area contributed by atoms with Gasteiger partial charge in [-0.15, -0.1) is 0 Å². The van der Waals surface area contributed by atoms with Gasteiger partial charge in [0.25, 0.3) is 11.5 Å². The monoisotopic (exact) mass is 495 g/mol. The number of methoxy groups -OCH3 is 2. The maximum Gasteiger partial charge on any atom is 0.279 e. The summed E-state index contributed by atoms with van der Waals surface area (Å²) in [5.74, 6) is 0.742. The molecule has 0 N–H and O–H groups in total. The van der Waals surface area contributed by atoms with Crippen LogP contribution in [0.25, 0.3) is 16.7 Å². The third kappa shape index (κ3) is 4.12. The Bertz CT molecular complexity index is 1840. The van der Waals surface area contributed by atoms with E-state index in [-0.39, 0.29) is 39.8 Å². The topological polar surface area (TPSA) is 124 Å². The Morgan fingerprint density at radius 1 is 1.11 bits per heavy atom. The molecule has 5 rings (SSSR count). The summed E-state index contributed by atoms with van der Waals surface area (Å²) in [6.07, 6.45) is 3.14. The summed E-state index contributed by atoms with van der Waals surface area (Å²) < 4.78 is 19.1. The average Bonchev–Trinajstić information content (AvgIpc) is 3.43. The second kappa shape index (κ2) is 9.47. The number of fused-ring (bicyclic) bond motifs is 2. The van der Waals surface area contributed by atoms with Crippen LogP contribution in [0.1, 0.15) is 27.2 Å².